The molecule has 0 saturated carbocycles. The molecular formula is C14H11BrN2O2. The summed E-state index contributed by atoms with van der Waals surface area (Å²) < 4.78 is 5.89. The van der Waals surface area contributed by atoms with Crippen molar-refractivity contribution in [2.45, 2.75) is 13.2 Å². The lowest BCUT2D eigenvalue weighted by Gasteiger charge is -2.07. The lowest BCUT2D eigenvalue weighted by molar-refractivity contribution is 0.102. The molecule has 2 aromatic rings. The maximum absolute atomic E-state index is 12.1. The van der Waals surface area contributed by atoms with E-state index in [4.69, 9.17) is 4.74 Å². The molecule has 1 aromatic heterocycles. The number of anilines is 1. The second-order valence-corrected chi connectivity index (χ2v) is 5.02. The van der Waals surface area contributed by atoms with Gasteiger partial charge in [0.15, 0.2) is 0 Å². The summed E-state index contributed by atoms with van der Waals surface area (Å²) in [6, 6.07) is 9.27. The number of carbonyl (C=O) groups excluding carboxylic acids is 1. The van der Waals surface area contributed by atoms with Gasteiger partial charge in [-0.3, -0.25) is 4.79 Å². The summed E-state index contributed by atoms with van der Waals surface area (Å²) in [6.07, 6.45) is 1.63. The van der Waals surface area contributed by atoms with Gasteiger partial charge in [-0.25, -0.2) is 4.98 Å². The second-order valence-electron chi connectivity index (χ2n) is 4.27. The first-order chi connectivity index (χ1) is 9.24. The van der Waals surface area contributed by atoms with Gasteiger partial charge in [-0.05, 0) is 51.3 Å². The average molecular weight is 319 g/mol. The van der Waals surface area contributed by atoms with Crippen molar-refractivity contribution in [2.24, 2.45) is 0 Å². The summed E-state index contributed by atoms with van der Waals surface area (Å²) in [5.74, 6) is -0.182. The predicted octanol–water partition coefficient (Wildman–Crippen LogP) is 3.13. The standard InChI is InChI=1S/C14H11BrN2O2/c15-13-12(2-1-5-16-13)14(18)17-11-4-3-9-7-19-8-10(9)6-11/h1-6H,7-8H2,(H,17,18). The number of benzene rings is 1. The fourth-order valence-electron chi connectivity index (χ4n) is 2.00. The van der Waals surface area contributed by atoms with Crippen LogP contribution in [0.15, 0.2) is 41.1 Å². The largest absolute Gasteiger partial charge is 0.372 e. The van der Waals surface area contributed by atoms with Gasteiger partial charge < -0.3 is 10.1 Å². The van der Waals surface area contributed by atoms with Crippen LogP contribution in [0.5, 0.6) is 0 Å². The smallest absolute Gasteiger partial charge is 0.258 e. The van der Waals surface area contributed by atoms with Crippen molar-refractivity contribution in [3.05, 3.63) is 57.8 Å². The van der Waals surface area contributed by atoms with Crippen molar-refractivity contribution in [3.63, 3.8) is 0 Å². The molecule has 1 amide bonds. The zero-order valence-corrected chi connectivity index (χ0v) is 11.6. The van der Waals surface area contributed by atoms with Crippen LogP contribution < -0.4 is 5.32 Å². The molecule has 0 bridgehead atoms. The van der Waals surface area contributed by atoms with E-state index in [1.807, 2.05) is 18.2 Å². The van der Waals surface area contributed by atoms with Crippen LogP contribution in [0, 0.1) is 0 Å². The zero-order chi connectivity index (χ0) is 13.2. The van der Waals surface area contributed by atoms with E-state index in [-0.39, 0.29) is 5.91 Å². The molecule has 19 heavy (non-hydrogen) atoms. The van der Waals surface area contributed by atoms with Crippen molar-refractivity contribution >= 4 is 27.5 Å². The third-order valence-electron chi connectivity index (χ3n) is 2.98. The molecule has 0 fully saturated rings. The second kappa shape index (κ2) is 5.11. The lowest BCUT2D eigenvalue weighted by Crippen LogP contribution is -2.13. The van der Waals surface area contributed by atoms with Crippen LogP contribution in [-0.2, 0) is 18.0 Å². The highest BCUT2D eigenvalue weighted by Gasteiger charge is 2.14. The van der Waals surface area contributed by atoms with Gasteiger partial charge in [0.05, 0.1) is 18.8 Å². The Morgan fingerprint density at radius 3 is 2.95 bits per heavy atom. The number of carbonyl (C=O) groups is 1. The highest BCUT2D eigenvalue weighted by Crippen LogP contribution is 2.24. The summed E-state index contributed by atoms with van der Waals surface area (Å²) >= 11 is 3.27. The number of nitrogens with zero attached hydrogens (tertiary/aromatic N) is 1. The summed E-state index contributed by atoms with van der Waals surface area (Å²) in [5, 5.41) is 2.86. The van der Waals surface area contributed by atoms with Crippen molar-refractivity contribution in [2.75, 3.05) is 5.32 Å². The molecule has 4 nitrogen and oxygen atoms in total. The molecule has 0 unspecified atom stereocenters. The van der Waals surface area contributed by atoms with Gasteiger partial charge in [0, 0.05) is 11.9 Å². The average Bonchev–Trinajstić information content (AvgIpc) is 2.86. The zero-order valence-electron chi connectivity index (χ0n) is 10.0. The van der Waals surface area contributed by atoms with E-state index in [9.17, 15) is 4.79 Å². The number of hydrogen-bond acceptors (Lipinski definition) is 3. The Balaban J connectivity index is 1.82. The molecule has 96 valence electrons. The molecular weight excluding hydrogens is 308 g/mol. The SMILES string of the molecule is O=C(Nc1ccc2c(c1)COC2)c1cccnc1Br. The summed E-state index contributed by atoms with van der Waals surface area (Å²) in [4.78, 5) is 16.2. The number of rotatable bonds is 2. The highest BCUT2D eigenvalue weighted by molar-refractivity contribution is 9.10. The van der Waals surface area contributed by atoms with Crippen LogP contribution in [0.25, 0.3) is 0 Å². The van der Waals surface area contributed by atoms with Crippen molar-refractivity contribution in [1.29, 1.82) is 0 Å². The fraction of sp³-hybridized carbons (Fsp3) is 0.143. The third kappa shape index (κ3) is 2.52. The van der Waals surface area contributed by atoms with Gasteiger partial charge in [-0.15, -0.1) is 0 Å². The van der Waals surface area contributed by atoms with Crippen LogP contribution in [0.2, 0.25) is 0 Å². The Hall–Kier alpha value is -1.72. The van der Waals surface area contributed by atoms with Gasteiger partial charge in [0.25, 0.3) is 5.91 Å². The van der Waals surface area contributed by atoms with Gasteiger partial charge in [0.1, 0.15) is 4.60 Å². The minimum Gasteiger partial charge on any atom is -0.372 e. The van der Waals surface area contributed by atoms with Crippen molar-refractivity contribution in [1.82, 2.24) is 4.98 Å². The minimum atomic E-state index is -0.182. The quantitative estimate of drug-likeness (QED) is 0.865. The minimum absolute atomic E-state index is 0.182. The third-order valence-corrected chi connectivity index (χ3v) is 3.61. The molecule has 0 atom stereocenters. The molecule has 0 saturated heterocycles. The first-order valence-corrected chi connectivity index (χ1v) is 6.65. The number of fused-ring (bicyclic) bond motifs is 1. The summed E-state index contributed by atoms with van der Waals surface area (Å²) in [5.41, 5.74) is 3.59. The number of halogens is 1. The monoisotopic (exact) mass is 318 g/mol. The molecule has 0 aliphatic carbocycles. The molecule has 0 spiro atoms. The van der Waals surface area contributed by atoms with Gasteiger partial charge in [0.2, 0.25) is 0 Å². The van der Waals surface area contributed by atoms with Gasteiger partial charge >= 0.3 is 0 Å². The Morgan fingerprint density at radius 2 is 2.11 bits per heavy atom. The van der Waals surface area contributed by atoms with Crippen LogP contribution in [0.1, 0.15) is 21.5 Å². The maximum atomic E-state index is 12.1. The molecule has 1 aliphatic rings. The Kier molecular flexibility index (Phi) is 3.31. The number of nitrogens with one attached hydrogen (secondary N) is 1. The maximum Gasteiger partial charge on any atom is 0.258 e. The molecule has 3 rings (SSSR count). The number of aromatic nitrogens is 1. The number of hydrogen-bond donors (Lipinski definition) is 1. The molecule has 5 heteroatoms. The highest BCUT2D eigenvalue weighted by atomic mass is 79.9. The van der Waals surface area contributed by atoms with Crippen LogP contribution >= 0.6 is 15.9 Å². The number of amides is 1. The van der Waals surface area contributed by atoms with Crippen LogP contribution in [0.3, 0.4) is 0 Å². The van der Waals surface area contributed by atoms with E-state index in [2.05, 4.69) is 26.2 Å². The van der Waals surface area contributed by atoms with Gasteiger partial charge in [-0.2, -0.15) is 0 Å². The van der Waals surface area contributed by atoms with Gasteiger partial charge in [-0.1, -0.05) is 6.07 Å². The van der Waals surface area contributed by atoms with E-state index in [0.29, 0.717) is 23.4 Å². The van der Waals surface area contributed by atoms with Crippen LogP contribution in [0.4, 0.5) is 5.69 Å². The van der Waals surface area contributed by atoms with E-state index < -0.39 is 0 Å². The summed E-state index contributed by atoms with van der Waals surface area (Å²) in [6.45, 7) is 1.26. The molecule has 2 heterocycles. The Labute approximate surface area is 118 Å². The molecule has 1 N–H and O–H groups in total. The van der Waals surface area contributed by atoms with Crippen molar-refractivity contribution < 1.29 is 9.53 Å². The van der Waals surface area contributed by atoms with E-state index >= 15 is 0 Å². The first-order valence-electron chi connectivity index (χ1n) is 5.85. The van der Waals surface area contributed by atoms with E-state index in [0.717, 1.165) is 11.3 Å². The summed E-state index contributed by atoms with van der Waals surface area (Å²) in [7, 11) is 0. The Bertz CT molecular complexity index is 643. The van der Waals surface area contributed by atoms with E-state index in [1.54, 1.807) is 18.3 Å². The Morgan fingerprint density at radius 1 is 1.26 bits per heavy atom. The normalized spacial score (nSPS) is 13.1. The van der Waals surface area contributed by atoms with Crippen LogP contribution in [-0.4, -0.2) is 10.9 Å². The topological polar surface area (TPSA) is 51.2 Å². The molecule has 1 aromatic carbocycles. The number of pyridine rings is 1. The predicted molar refractivity (Wildman–Crippen MR) is 74.8 cm³/mol. The first kappa shape index (κ1) is 12.3. The van der Waals surface area contributed by atoms with Crippen molar-refractivity contribution in [3.8, 4) is 0 Å². The fourth-order valence-corrected chi connectivity index (χ4v) is 2.43. The lowest BCUT2D eigenvalue weighted by atomic mass is 10.1. The number of ether oxygens (including phenoxy) is 1. The molecule has 0 radical (unpaired) electrons. The molecule has 1 aliphatic heterocycles. The van der Waals surface area contributed by atoms with E-state index in [1.165, 1.54) is 5.56 Å².